The Morgan fingerprint density at radius 1 is 1.15 bits per heavy atom. The molecule has 104 valence electrons. The van der Waals surface area contributed by atoms with Crippen LogP contribution in [0, 0.1) is 11.6 Å². The molecule has 2 aromatic rings. The predicted octanol–water partition coefficient (Wildman–Crippen LogP) is 3.28. The Balaban J connectivity index is 1.92. The average Bonchev–Trinajstić information content (AvgIpc) is 2.42. The zero-order chi connectivity index (χ0) is 14.5. The van der Waals surface area contributed by atoms with Gasteiger partial charge in [0, 0.05) is 16.3 Å². The van der Waals surface area contributed by atoms with Crippen LogP contribution in [0.4, 0.5) is 20.2 Å². The number of anilines is 2. The Hall–Kier alpha value is -2.08. The SMILES string of the molecule is Nc1ccc(NC(=O)CSc2cc(F)ccc2F)cc1. The number of nitrogen functional groups attached to an aromatic ring is 1. The second-order valence-corrected chi connectivity index (χ2v) is 5.05. The van der Waals surface area contributed by atoms with Crippen LogP contribution in [0.1, 0.15) is 0 Å². The number of nitrogens with one attached hydrogen (secondary N) is 1. The number of amides is 1. The molecule has 2 aromatic carbocycles. The largest absolute Gasteiger partial charge is 0.399 e. The van der Waals surface area contributed by atoms with E-state index in [4.69, 9.17) is 5.73 Å². The molecule has 0 radical (unpaired) electrons. The van der Waals surface area contributed by atoms with Gasteiger partial charge in [-0.25, -0.2) is 8.78 Å². The lowest BCUT2D eigenvalue weighted by Gasteiger charge is -2.06. The maximum atomic E-state index is 13.4. The van der Waals surface area contributed by atoms with E-state index in [9.17, 15) is 13.6 Å². The number of rotatable bonds is 4. The Bertz CT molecular complexity index is 617. The van der Waals surface area contributed by atoms with E-state index in [1.165, 1.54) is 0 Å². The van der Waals surface area contributed by atoms with Crippen molar-refractivity contribution < 1.29 is 13.6 Å². The fourth-order valence-electron chi connectivity index (χ4n) is 1.49. The van der Waals surface area contributed by atoms with Crippen LogP contribution < -0.4 is 11.1 Å². The molecule has 0 aliphatic carbocycles. The molecule has 0 atom stereocenters. The van der Waals surface area contributed by atoms with Crippen LogP contribution in [0.5, 0.6) is 0 Å². The van der Waals surface area contributed by atoms with Crippen molar-refractivity contribution in [1.29, 1.82) is 0 Å². The number of benzene rings is 2. The topological polar surface area (TPSA) is 55.1 Å². The summed E-state index contributed by atoms with van der Waals surface area (Å²) >= 11 is 0.940. The fourth-order valence-corrected chi connectivity index (χ4v) is 2.26. The molecule has 2 rings (SSSR count). The molecule has 3 nitrogen and oxygen atoms in total. The maximum Gasteiger partial charge on any atom is 0.234 e. The molecule has 0 heterocycles. The number of carbonyl (C=O) groups is 1. The van der Waals surface area contributed by atoms with E-state index in [2.05, 4.69) is 5.32 Å². The monoisotopic (exact) mass is 294 g/mol. The zero-order valence-electron chi connectivity index (χ0n) is 10.4. The van der Waals surface area contributed by atoms with Gasteiger partial charge in [0.1, 0.15) is 11.6 Å². The van der Waals surface area contributed by atoms with E-state index >= 15 is 0 Å². The molecule has 0 saturated heterocycles. The Morgan fingerprint density at radius 2 is 1.85 bits per heavy atom. The standard InChI is InChI=1S/C14H12F2N2OS/c15-9-1-6-12(16)13(7-9)20-8-14(19)18-11-4-2-10(17)3-5-11/h1-7H,8,17H2,(H,18,19). The smallest absolute Gasteiger partial charge is 0.234 e. The van der Waals surface area contributed by atoms with Gasteiger partial charge >= 0.3 is 0 Å². The molecule has 0 saturated carbocycles. The molecule has 0 bridgehead atoms. The molecule has 6 heteroatoms. The fraction of sp³-hybridized carbons (Fsp3) is 0.0714. The first-order valence-corrected chi connectivity index (χ1v) is 6.76. The highest BCUT2D eigenvalue weighted by Gasteiger charge is 2.08. The summed E-state index contributed by atoms with van der Waals surface area (Å²) in [6.45, 7) is 0. The summed E-state index contributed by atoms with van der Waals surface area (Å²) in [6.07, 6.45) is 0. The highest BCUT2D eigenvalue weighted by molar-refractivity contribution is 8.00. The Labute approximate surface area is 119 Å². The predicted molar refractivity (Wildman–Crippen MR) is 76.6 cm³/mol. The molecule has 0 aliphatic rings. The van der Waals surface area contributed by atoms with Crippen LogP contribution in [0.2, 0.25) is 0 Å². The van der Waals surface area contributed by atoms with Crippen molar-refractivity contribution in [3.8, 4) is 0 Å². The van der Waals surface area contributed by atoms with Crippen molar-refractivity contribution in [2.24, 2.45) is 0 Å². The summed E-state index contributed by atoms with van der Waals surface area (Å²) < 4.78 is 26.3. The number of thioether (sulfide) groups is 1. The van der Waals surface area contributed by atoms with Gasteiger partial charge in [0.25, 0.3) is 0 Å². The minimum Gasteiger partial charge on any atom is -0.399 e. The number of hydrogen-bond acceptors (Lipinski definition) is 3. The van der Waals surface area contributed by atoms with E-state index in [1.54, 1.807) is 24.3 Å². The third-order valence-corrected chi connectivity index (χ3v) is 3.48. The summed E-state index contributed by atoms with van der Waals surface area (Å²) in [5.74, 6) is -1.39. The van der Waals surface area contributed by atoms with Gasteiger partial charge in [0.05, 0.1) is 5.75 Å². The van der Waals surface area contributed by atoms with Crippen LogP contribution in [0.25, 0.3) is 0 Å². The third-order valence-electron chi connectivity index (χ3n) is 2.45. The first-order chi connectivity index (χ1) is 9.54. The van der Waals surface area contributed by atoms with Crippen molar-refractivity contribution in [3.05, 3.63) is 54.1 Å². The van der Waals surface area contributed by atoms with Crippen LogP contribution in [0.3, 0.4) is 0 Å². The van der Waals surface area contributed by atoms with Gasteiger partial charge < -0.3 is 11.1 Å². The molecule has 0 spiro atoms. The molecule has 20 heavy (non-hydrogen) atoms. The van der Waals surface area contributed by atoms with Crippen molar-refractivity contribution in [2.75, 3.05) is 16.8 Å². The highest BCUT2D eigenvalue weighted by Crippen LogP contribution is 2.22. The quantitative estimate of drug-likeness (QED) is 0.672. The van der Waals surface area contributed by atoms with Crippen molar-refractivity contribution in [1.82, 2.24) is 0 Å². The van der Waals surface area contributed by atoms with Gasteiger partial charge in [-0.15, -0.1) is 11.8 Å². The normalized spacial score (nSPS) is 10.3. The van der Waals surface area contributed by atoms with Gasteiger partial charge in [-0.2, -0.15) is 0 Å². The van der Waals surface area contributed by atoms with E-state index in [-0.39, 0.29) is 16.6 Å². The van der Waals surface area contributed by atoms with Gasteiger partial charge in [0.15, 0.2) is 0 Å². The lowest BCUT2D eigenvalue weighted by molar-refractivity contribution is -0.113. The summed E-state index contributed by atoms with van der Waals surface area (Å²) in [4.78, 5) is 11.8. The number of carbonyl (C=O) groups excluding carboxylic acids is 1. The second-order valence-electron chi connectivity index (χ2n) is 4.03. The number of nitrogens with two attached hydrogens (primary N) is 1. The maximum absolute atomic E-state index is 13.4. The molecular weight excluding hydrogens is 282 g/mol. The first kappa shape index (κ1) is 14.3. The average molecular weight is 294 g/mol. The molecule has 1 amide bonds. The first-order valence-electron chi connectivity index (χ1n) is 5.78. The van der Waals surface area contributed by atoms with E-state index in [0.29, 0.717) is 11.4 Å². The summed E-state index contributed by atoms with van der Waals surface area (Å²) in [5.41, 5.74) is 6.73. The van der Waals surface area contributed by atoms with Crippen LogP contribution in [-0.2, 0) is 4.79 Å². The minimum atomic E-state index is -0.545. The Kier molecular flexibility index (Phi) is 4.57. The van der Waals surface area contributed by atoms with Gasteiger partial charge in [-0.3, -0.25) is 4.79 Å². The van der Waals surface area contributed by atoms with Gasteiger partial charge in [-0.05, 0) is 42.5 Å². The van der Waals surface area contributed by atoms with Crippen molar-refractivity contribution in [3.63, 3.8) is 0 Å². The molecular formula is C14H12F2N2OS. The van der Waals surface area contributed by atoms with E-state index in [1.807, 2.05) is 0 Å². The summed E-state index contributed by atoms with van der Waals surface area (Å²) in [6, 6.07) is 9.80. The van der Waals surface area contributed by atoms with Crippen LogP contribution in [0.15, 0.2) is 47.4 Å². The highest BCUT2D eigenvalue weighted by atomic mass is 32.2. The zero-order valence-corrected chi connectivity index (χ0v) is 11.2. The Morgan fingerprint density at radius 3 is 2.55 bits per heavy atom. The van der Waals surface area contributed by atoms with Crippen molar-refractivity contribution in [2.45, 2.75) is 4.90 Å². The molecule has 0 aromatic heterocycles. The lowest BCUT2D eigenvalue weighted by atomic mass is 10.3. The van der Waals surface area contributed by atoms with Gasteiger partial charge in [0.2, 0.25) is 5.91 Å². The van der Waals surface area contributed by atoms with E-state index < -0.39 is 11.6 Å². The van der Waals surface area contributed by atoms with Crippen LogP contribution >= 0.6 is 11.8 Å². The molecule has 0 fully saturated rings. The second kappa shape index (κ2) is 6.38. The van der Waals surface area contributed by atoms with Gasteiger partial charge in [-0.1, -0.05) is 0 Å². The van der Waals surface area contributed by atoms with Crippen LogP contribution in [-0.4, -0.2) is 11.7 Å². The van der Waals surface area contributed by atoms with Crippen molar-refractivity contribution >= 4 is 29.0 Å². The summed E-state index contributed by atoms with van der Waals surface area (Å²) in [7, 11) is 0. The molecule has 0 unspecified atom stereocenters. The molecule has 3 N–H and O–H groups in total. The molecule has 0 aliphatic heterocycles. The third kappa shape index (κ3) is 3.96. The number of hydrogen-bond donors (Lipinski definition) is 2. The minimum absolute atomic E-state index is 0.00918. The van der Waals surface area contributed by atoms with E-state index in [0.717, 1.165) is 30.0 Å². The summed E-state index contributed by atoms with van der Waals surface area (Å²) in [5, 5.41) is 2.64. The lowest BCUT2D eigenvalue weighted by Crippen LogP contribution is -2.14. The number of halogens is 2.